The molecular formula is C8H7BrN2O4S2. The molecule has 0 radical (unpaired) electrons. The van der Waals surface area contributed by atoms with Gasteiger partial charge in [0.15, 0.2) is 0 Å². The fourth-order valence-electron chi connectivity index (χ4n) is 1.34. The van der Waals surface area contributed by atoms with Crippen molar-refractivity contribution in [2.24, 2.45) is 0 Å². The van der Waals surface area contributed by atoms with Crippen molar-refractivity contribution in [1.82, 2.24) is 9.62 Å². The Kier molecular flexibility index (Phi) is 3.34. The molecule has 1 N–H and O–H groups in total. The number of sulfonamides is 1. The number of hydrogen-bond donors (Lipinski definition) is 1. The van der Waals surface area contributed by atoms with Crippen LogP contribution in [0.4, 0.5) is 0 Å². The van der Waals surface area contributed by atoms with Gasteiger partial charge in [0.2, 0.25) is 11.8 Å². The quantitative estimate of drug-likeness (QED) is 0.778. The number of hydrogen-bond acceptors (Lipinski definition) is 5. The van der Waals surface area contributed by atoms with Crippen LogP contribution in [0.15, 0.2) is 20.1 Å². The Bertz CT molecular complexity index is 564. The molecule has 0 aliphatic carbocycles. The first-order chi connectivity index (χ1) is 7.89. The highest BCUT2D eigenvalue weighted by Gasteiger charge is 2.33. The second-order valence-corrected chi connectivity index (χ2v) is 7.93. The van der Waals surface area contributed by atoms with Crippen molar-refractivity contribution in [3.05, 3.63) is 15.9 Å². The van der Waals surface area contributed by atoms with Gasteiger partial charge in [-0.2, -0.15) is 4.31 Å². The van der Waals surface area contributed by atoms with Gasteiger partial charge in [-0.05, 0) is 28.1 Å². The number of amides is 2. The van der Waals surface area contributed by atoms with Gasteiger partial charge in [-0.15, -0.1) is 11.3 Å². The molecule has 17 heavy (non-hydrogen) atoms. The fraction of sp³-hybridized carbons (Fsp3) is 0.250. The first-order valence-corrected chi connectivity index (χ1v) is 7.53. The van der Waals surface area contributed by atoms with Crippen LogP contribution in [0, 0.1) is 0 Å². The Hall–Kier alpha value is -0.770. The number of thiophene rings is 1. The monoisotopic (exact) mass is 338 g/mol. The minimum absolute atomic E-state index is 0.104. The molecule has 0 spiro atoms. The van der Waals surface area contributed by atoms with Crippen molar-refractivity contribution < 1.29 is 18.0 Å². The van der Waals surface area contributed by atoms with E-state index in [0.717, 1.165) is 15.6 Å². The van der Waals surface area contributed by atoms with Gasteiger partial charge in [0.05, 0.1) is 16.9 Å². The summed E-state index contributed by atoms with van der Waals surface area (Å²) >= 11 is 4.20. The Morgan fingerprint density at radius 3 is 2.29 bits per heavy atom. The van der Waals surface area contributed by atoms with Gasteiger partial charge in [0.1, 0.15) is 4.21 Å². The van der Waals surface area contributed by atoms with Crippen molar-refractivity contribution in [2.75, 3.05) is 13.1 Å². The van der Waals surface area contributed by atoms with Gasteiger partial charge in [0.25, 0.3) is 10.0 Å². The second kappa shape index (κ2) is 4.48. The van der Waals surface area contributed by atoms with E-state index >= 15 is 0 Å². The molecule has 1 aliphatic heterocycles. The molecule has 9 heteroatoms. The van der Waals surface area contributed by atoms with Crippen LogP contribution in [0.25, 0.3) is 0 Å². The lowest BCUT2D eigenvalue weighted by Gasteiger charge is -2.23. The Balaban J connectivity index is 2.33. The molecular weight excluding hydrogens is 332 g/mol. The topological polar surface area (TPSA) is 83.6 Å². The molecule has 1 aliphatic rings. The van der Waals surface area contributed by atoms with Crippen LogP contribution in [-0.4, -0.2) is 37.6 Å². The minimum atomic E-state index is -3.77. The summed E-state index contributed by atoms with van der Waals surface area (Å²) in [5.74, 6) is -1.22. The highest BCUT2D eigenvalue weighted by Crippen LogP contribution is 2.28. The summed E-state index contributed by atoms with van der Waals surface area (Å²) in [5, 5.41) is 2.05. The van der Waals surface area contributed by atoms with Gasteiger partial charge in [-0.1, -0.05) is 0 Å². The van der Waals surface area contributed by atoms with Gasteiger partial charge >= 0.3 is 0 Å². The predicted octanol–water partition coefficient (Wildman–Crippen LogP) is 0.158. The number of carbonyl (C=O) groups is 2. The smallest absolute Gasteiger partial charge is 0.253 e. The molecule has 2 heterocycles. The minimum Gasteiger partial charge on any atom is -0.294 e. The van der Waals surface area contributed by atoms with E-state index in [1.54, 1.807) is 6.07 Å². The number of imide groups is 1. The summed E-state index contributed by atoms with van der Waals surface area (Å²) in [6.45, 7) is -0.660. The number of rotatable bonds is 2. The lowest BCUT2D eigenvalue weighted by molar-refractivity contribution is -0.134. The zero-order valence-corrected chi connectivity index (χ0v) is 11.6. The van der Waals surface area contributed by atoms with Gasteiger partial charge in [-0.25, -0.2) is 8.42 Å². The average molecular weight is 339 g/mol. The van der Waals surface area contributed by atoms with Crippen LogP contribution >= 0.6 is 27.3 Å². The third kappa shape index (κ3) is 2.57. The van der Waals surface area contributed by atoms with E-state index < -0.39 is 21.8 Å². The largest absolute Gasteiger partial charge is 0.294 e. The molecule has 2 amide bonds. The van der Waals surface area contributed by atoms with E-state index in [1.807, 2.05) is 5.32 Å². The van der Waals surface area contributed by atoms with Crippen molar-refractivity contribution >= 4 is 49.1 Å². The molecule has 1 aromatic heterocycles. The average Bonchev–Trinajstić information content (AvgIpc) is 2.64. The molecule has 0 unspecified atom stereocenters. The molecule has 1 aromatic rings. The van der Waals surface area contributed by atoms with Crippen LogP contribution in [-0.2, 0) is 19.6 Å². The summed E-state index contributed by atoms with van der Waals surface area (Å²) < 4.78 is 25.8. The van der Waals surface area contributed by atoms with Gasteiger partial charge in [0, 0.05) is 0 Å². The third-order valence-electron chi connectivity index (χ3n) is 2.06. The maximum atomic E-state index is 12.1. The first-order valence-electron chi connectivity index (χ1n) is 4.48. The van der Waals surface area contributed by atoms with Crippen LogP contribution in [0.1, 0.15) is 0 Å². The maximum absolute atomic E-state index is 12.1. The number of nitrogens with one attached hydrogen (secondary N) is 1. The molecule has 6 nitrogen and oxygen atoms in total. The molecule has 0 atom stereocenters. The molecule has 1 saturated heterocycles. The van der Waals surface area contributed by atoms with E-state index in [0.29, 0.717) is 3.79 Å². The Labute approximate surface area is 110 Å². The standard InChI is InChI=1S/C8H7BrN2O4S2/c9-5-1-2-8(16-5)17(14,15)11-3-6(12)10-7(13)4-11/h1-2H,3-4H2,(H,10,12,13). The molecule has 2 rings (SSSR count). The predicted molar refractivity (Wildman–Crippen MR) is 63.9 cm³/mol. The van der Waals surface area contributed by atoms with Crippen molar-refractivity contribution in [3.8, 4) is 0 Å². The summed E-state index contributed by atoms with van der Waals surface area (Å²) in [4.78, 5) is 22.2. The van der Waals surface area contributed by atoms with Crippen molar-refractivity contribution in [2.45, 2.75) is 4.21 Å². The van der Waals surface area contributed by atoms with Crippen LogP contribution < -0.4 is 5.32 Å². The highest BCUT2D eigenvalue weighted by molar-refractivity contribution is 9.11. The molecule has 92 valence electrons. The van der Waals surface area contributed by atoms with Crippen molar-refractivity contribution in [1.29, 1.82) is 0 Å². The van der Waals surface area contributed by atoms with E-state index in [4.69, 9.17) is 0 Å². The lowest BCUT2D eigenvalue weighted by Crippen LogP contribution is -2.53. The van der Waals surface area contributed by atoms with E-state index in [2.05, 4.69) is 15.9 Å². The van der Waals surface area contributed by atoms with Gasteiger partial charge in [-0.3, -0.25) is 14.9 Å². The fourth-order valence-corrected chi connectivity index (χ4v) is 4.86. The number of halogens is 1. The van der Waals surface area contributed by atoms with Crippen molar-refractivity contribution in [3.63, 3.8) is 0 Å². The molecule has 0 aromatic carbocycles. The van der Waals surface area contributed by atoms with E-state index in [1.165, 1.54) is 6.07 Å². The van der Waals surface area contributed by atoms with E-state index in [-0.39, 0.29) is 17.3 Å². The summed E-state index contributed by atoms with van der Waals surface area (Å²) in [6.07, 6.45) is 0. The van der Waals surface area contributed by atoms with Crippen LogP contribution in [0.3, 0.4) is 0 Å². The Morgan fingerprint density at radius 1 is 1.24 bits per heavy atom. The second-order valence-electron chi connectivity index (χ2n) is 3.30. The maximum Gasteiger partial charge on any atom is 0.253 e. The SMILES string of the molecule is O=C1CN(S(=O)(=O)c2ccc(Br)s2)CC(=O)N1. The number of nitrogens with zero attached hydrogens (tertiary/aromatic N) is 1. The van der Waals surface area contributed by atoms with Crippen LogP contribution in [0.5, 0.6) is 0 Å². The summed E-state index contributed by atoms with van der Waals surface area (Å²) in [5.41, 5.74) is 0. The first kappa shape index (κ1) is 12.7. The van der Waals surface area contributed by atoms with E-state index in [9.17, 15) is 18.0 Å². The molecule has 0 bridgehead atoms. The number of piperazine rings is 1. The summed E-state index contributed by atoms with van der Waals surface area (Å²) in [7, 11) is -3.77. The lowest BCUT2D eigenvalue weighted by atomic mass is 10.4. The zero-order valence-electron chi connectivity index (χ0n) is 8.34. The molecule has 0 saturated carbocycles. The number of carbonyl (C=O) groups excluding carboxylic acids is 2. The molecule has 1 fully saturated rings. The van der Waals surface area contributed by atoms with Crippen LogP contribution in [0.2, 0.25) is 0 Å². The normalized spacial score (nSPS) is 18.2. The Morgan fingerprint density at radius 2 is 1.82 bits per heavy atom. The van der Waals surface area contributed by atoms with Gasteiger partial charge < -0.3 is 0 Å². The zero-order chi connectivity index (χ0) is 12.6. The highest BCUT2D eigenvalue weighted by atomic mass is 79.9. The summed E-state index contributed by atoms with van der Waals surface area (Å²) in [6, 6.07) is 3.03. The third-order valence-corrected chi connectivity index (χ3v) is 5.94.